The molecule has 0 aliphatic heterocycles. The van der Waals surface area contributed by atoms with Crippen LogP contribution in [0.3, 0.4) is 0 Å². The molecule has 2 nitrogen and oxygen atoms in total. The summed E-state index contributed by atoms with van der Waals surface area (Å²) >= 11 is 0. The Kier molecular flexibility index (Phi) is 5.83. The number of nitrogens with one attached hydrogen (secondary N) is 1. The average molecular weight is 248 g/mol. The van der Waals surface area contributed by atoms with Gasteiger partial charge < -0.3 is 0 Å². The van der Waals surface area contributed by atoms with E-state index in [0.717, 1.165) is 6.42 Å². The summed E-state index contributed by atoms with van der Waals surface area (Å²) in [6, 6.07) is 9.05. The van der Waals surface area contributed by atoms with Crippen LogP contribution in [0.2, 0.25) is 0 Å². The SMILES string of the molecule is CC(C)Cc1cccc(C(NN)C(C)C(C)C)c1. The molecule has 0 aliphatic carbocycles. The second-order valence-electron chi connectivity index (χ2n) is 6.09. The van der Waals surface area contributed by atoms with E-state index in [-0.39, 0.29) is 6.04 Å². The van der Waals surface area contributed by atoms with Crippen LogP contribution in [0.5, 0.6) is 0 Å². The summed E-state index contributed by atoms with van der Waals surface area (Å²) in [6.07, 6.45) is 1.13. The summed E-state index contributed by atoms with van der Waals surface area (Å²) < 4.78 is 0. The fourth-order valence-electron chi connectivity index (χ4n) is 2.32. The van der Waals surface area contributed by atoms with Gasteiger partial charge in [-0.3, -0.25) is 11.3 Å². The Labute approximate surface area is 112 Å². The Morgan fingerprint density at radius 2 is 1.78 bits per heavy atom. The molecule has 0 saturated heterocycles. The van der Waals surface area contributed by atoms with E-state index in [2.05, 4.69) is 64.3 Å². The molecular formula is C16H28N2. The summed E-state index contributed by atoms with van der Waals surface area (Å²) in [5.41, 5.74) is 5.68. The fourth-order valence-corrected chi connectivity index (χ4v) is 2.32. The van der Waals surface area contributed by atoms with Gasteiger partial charge >= 0.3 is 0 Å². The molecule has 0 spiro atoms. The first kappa shape index (κ1) is 15.2. The number of benzene rings is 1. The van der Waals surface area contributed by atoms with Crippen molar-refractivity contribution in [1.82, 2.24) is 5.43 Å². The second kappa shape index (κ2) is 6.91. The summed E-state index contributed by atoms with van der Waals surface area (Å²) in [6.45, 7) is 11.2. The van der Waals surface area contributed by atoms with Gasteiger partial charge in [-0.1, -0.05) is 58.9 Å². The van der Waals surface area contributed by atoms with Crippen LogP contribution in [0, 0.1) is 17.8 Å². The van der Waals surface area contributed by atoms with Gasteiger partial charge in [0.25, 0.3) is 0 Å². The Bertz CT molecular complexity index is 358. The first-order chi connectivity index (χ1) is 8.45. The van der Waals surface area contributed by atoms with Crippen molar-refractivity contribution in [3.8, 4) is 0 Å². The normalized spacial score (nSPS) is 15.1. The molecule has 2 unspecified atom stereocenters. The highest BCUT2D eigenvalue weighted by molar-refractivity contribution is 5.27. The maximum Gasteiger partial charge on any atom is 0.0488 e. The summed E-state index contributed by atoms with van der Waals surface area (Å²) in [7, 11) is 0. The van der Waals surface area contributed by atoms with Crippen LogP contribution in [0.25, 0.3) is 0 Å². The predicted molar refractivity (Wildman–Crippen MR) is 79.1 cm³/mol. The van der Waals surface area contributed by atoms with Crippen molar-refractivity contribution in [1.29, 1.82) is 0 Å². The molecule has 0 aliphatic rings. The quantitative estimate of drug-likeness (QED) is 0.595. The first-order valence-electron chi connectivity index (χ1n) is 7.00. The molecule has 102 valence electrons. The number of hydrazine groups is 1. The summed E-state index contributed by atoms with van der Waals surface area (Å²) in [5, 5.41) is 0. The van der Waals surface area contributed by atoms with Crippen molar-refractivity contribution in [2.24, 2.45) is 23.6 Å². The first-order valence-corrected chi connectivity index (χ1v) is 7.00. The highest BCUT2D eigenvalue weighted by atomic mass is 15.2. The van der Waals surface area contributed by atoms with Gasteiger partial charge in [0.2, 0.25) is 0 Å². The van der Waals surface area contributed by atoms with Crippen molar-refractivity contribution in [3.63, 3.8) is 0 Å². The zero-order valence-electron chi connectivity index (χ0n) is 12.4. The van der Waals surface area contributed by atoms with E-state index in [0.29, 0.717) is 17.8 Å². The highest BCUT2D eigenvalue weighted by Crippen LogP contribution is 2.27. The third kappa shape index (κ3) is 4.11. The third-order valence-corrected chi connectivity index (χ3v) is 3.71. The minimum Gasteiger partial charge on any atom is -0.271 e. The van der Waals surface area contributed by atoms with E-state index in [1.165, 1.54) is 11.1 Å². The molecule has 0 amide bonds. The highest BCUT2D eigenvalue weighted by Gasteiger charge is 2.20. The monoisotopic (exact) mass is 248 g/mol. The van der Waals surface area contributed by atoms with E-state index >= 15 is 0 Å². The van der Waals surface area contributed by atoms with Crippen molar-refractivity contribution in [2.45, 2.75) is 47.1 Å². The molecule has 1 aromatic rings. The van der Waals surface area contributed by atoms with Gasteiger partial charge in [-0.2, -0.15) is 0 Å². The Morgan fingerprint density at radius 1 is 1.11 bits per heavy atom. The Hall–Kier alpha value is -0.860. The lowest BCUT2D eigenvalue weighted by molar-refractivity contribution is 0.306. The molecule has 2 atom stereocenters. The van der Waals surface area contributed by atoms with Gasteiger partial charge in [-0.25, -0.2) is 0 Å². The van der Waals surface area contributed by atoms with Crippen LogP contribution in [0.15, 0.2) is 24.3 Å². The van der Waals surface area contributed by atoms with Gasteiger partial charge in [-0.15, -0.1) is 0 Å². The van der Waals surface area contributed by atoms with E-state index < -0.39 is 0 Å². The van der Waals surface area contributed by atoms with Crippen molar-refractivity contribution >= 4 is 0 Å². The molecule has 1 rings (SSSR count). The largest absolute Gasteiger partial charge is 0.271 e. The van der Waals surface area contributed by atoms with E-state index in [1.807, 2.05) is 0 Å². The minimum absolute atomic E-state index is 0.233. The molecule has 3 N–H and O–H groups in total. The number of rotatable bonds is 6. The van der Waals surface area contributed by atoms with Gasteiger partial charge in [0.1, 0.15) is 0 Å². The average Bonchev–Trinajstić information content (AvgIpc) is 2.29. The molecule has 1 aromatic carbocycles. The number of hydrogen-bond donors (Lipinski definition) is 2. The molecule has 0 aromatic heterocycles. The van der Waals surface area contributed by atoms with Crippen LogP contribution in [-0.4, -0.2) is 0 Å². The van der Waals surface area contributed by atoms with Crippen LogP contribution < -0.4 is 11.3 Å². The van der Waals surface area contributed by atoms with Crippen molar-refractivity contribution < 1.29 is 0 Å². The summed E-state index contributed by atoms with van der Waals surface area (Å²) in [5.74, 6) is 7.56. The Morgan fingerprint density at radius 3 is 2.28 bits per heavy atom. The fraction of sp³-hybridized carbons (Fsp3) is 0.625. The molecule has 0 fully saturated rings. The zero-order chi connectivity index (χ0) is 13.7. The van der Waals surface area contributed by atoms with Crippen molar-refractivity contribution in [3.05, 3.63) is 35.4 Å². The molecule has 2 heteroatoms. The van der Waals surface area contributed by atoms with Crippen molar-refractivity contribution in [2.75, 3.05) is 0 Å². The van der Waals surface area contributed by atoms with Crippen LogP contribution in [0.4, 0.5) is 0 Å². The summed E-state index contributed by atoms with van der Waals surface area (Å²) in [4.78, 5) is 0. The Balaban J connectivity index is 2.92. The zero-order valence-corrected chi connectivity index (χ0v) is 12.4. The van der Waals surface area contributed by atoms with E-state index in [4.69, 9.17) is 5.84 Å². The maximum absolute atomic E-state index is 5.74. The van der Waals surface area contributed by atoms with Gasteiger partial charge in [-0.05, 0) is 35.3 Å². The molecule has 0 saturated carbocycles. The second-order valence-corrected chi connectivity index (χ2v) is 6.09. The minimum atomic E-state index is 0.233. The van der Waals surface area contributed by atoms with E-state index in [9.17, 15) is 0 Å². The topological polar surface area (TPSA) is 38.0 Å². The smallest absolute Gasteiger partial charge is 0.0488 e. The number of hydrogen-bond acceptors (Lipinski definition) is 2. The molecular weight excluding hydrogens is 220 g/mol. The standard InChI is InChI=1S/C16H28N2/c1-11(2)9-14-7-6-8-15(10-14)16(18-17)13(5)12(3)4/h6-8,10-13,16,18H,9,17H2,1-5H3. The number of nitrogens with two attached hydrogens (primary N) is 1. The maximum atomic E-state index is 5.74. The molecule has 18 heavy (non-hydrogen) atoms. The third-order valence-electron chi connectivity index (χ3n) is 3.71. The van der Waals surface area contributed by atoms with Gasteiger partial charge in [0.05, 0.1) is 0 Å². The van der Waals surface area contributed by atoms with E-state index in [1.54, 1.807) is 0 Å². The predicted octanol–water partition coefficient (Wildman–Crippen LogP) is 3.68. The lowest BCUT2D eigenvalue weighted by atomic mass is 9.85. The molecule has 0 radical (unpaired) electrons. The lowest BCUT2D eigenvalue weighted by Crippen LogP contribution is -2.34. The lowest BCUT2D eigenvalue weighted by Gasteiger charge is -2.27. The van der Waals surface area contributed by atoms with Crippen LogP contribution in [0.1, 0.15) is 51.8 Å². The van der Waals surface area contributed by atoms with Gasteiger partial charge in [0.15, 0.2) is 0 Å². The molecule has 0 bridgehead atoms. The molecule has 0 heterocycles. The van der Waals surface area contributed by atoms with Gasteiger partial charge in [0, 0.05) is 6.04 Å². The van der Waals surface area contributed by atoms with Crippen LogP contribution >= 0.6 is 0 Å². The van der Waals surface area contributed by atoms with Crippen LogP contribution in [-0.2, 0) is 6.42 Å².